The molecule has 1 atom stereocenters. The Morgan fingerprint density at radius 3 is 2.67 bits per heavy atom. The number of fused-ring (bicyclic) bond motifs is 4. The van der Waals surface area contributed by atoms with Gasteiger partial charge in [-0.25, -0.2) is 18.8 Å². The van der Waals surface area contributed by atoms with E-state index in [9.17, 15) is 8.78 Å². The van der Waals surface area contributed by atoms with Gasteiger partial charge in [-0.15, -0.1) is 0 Å². The highest BCUT2D eigenvalue weighted by atomic mass is 19.1. The summed E-state index contributed by atoms with van der Waals surface area (Å²) in [6, 6.07) is 6.94. The zero-order valence-electron chi connectivity index (χ0n) is 14.1. The lowest BCUT2D eigenvalue weighted by atomic mass is 10.1. The second kappa shape index (κ2) is 5.83. The zero-order chi connectivity index (χ0) is 18.5. The number of anilines is 1. The molecule has 0 saturated heterocycles. The van der Waals surface area contributed by atoms with Crippen LogP contribution < -0.4 is 20.5 Å². The Hall–Kier alpha value is -3.36. The molecule has 138 valence electrons. The first-order valence-corrected chi connectivity index (χ1v) is 8.47. The molecule has 0 fully saturated rings. The minimum Gasteiger partial charge on any atom is -0.489 e. The maximum atomic E-state index is 14.4. The Morgan fingerprint density at radius 2 is 1.89 bits per heavy atom. The van der Waals surface area contributed by atoms with Gasteiger partial charge in [0.2, 0.25) is 5.95 Å². The van der Waals surface area contributed by atoms with Crippen molar-refractivity contribution in [3.63, 3.8) is 0 Å². The van der Waals surface area contributed by atoms with Crippen molar-refractivity contribution in [2.75, 3.05) is 18.5 Å². The van der Waals surface area contributed by atoms with Crippen molar-refractivity contribution in [1.82, 2.24) is 9.55 Å². The van der Waals surface area contributed by atoms with E-state index in [1.54, 1.807) is 16.7 Å². The number of nitrogens with two attached hydrogens (primary N) is 1. The van der Waals surface area contributed by atoms with Crippen molar-refractivity contribution in [2.24, 2.45) is 10.7 Å². The normalized spacial score (nSPS) is 18.4. The van der Waals surface area contributed by atoms with Gasteiger partial charge < -0.3 is 15.2 Å². The summed E-state index contributed by atoms with van der Waals surface area (Å²) in [5.74, 6) is 0.332. The van der Waals surface area contributed by atoms with Crippen molar-refractivity contribution >= 4 is 22.9 Å². The topological polar surface area (TPSA) is 86.7 Å². The first kappa shape index (κ1) is 15.9. The van der Waals surface area contributed by atoms with E-state index in [-0.39, 0.29) is 11.5 Å². The predicted octanol–water partition coefficient (Wildman–Crippen LogP) is 2.76. The molecule has 3 heterocycles. The summed E-state index contributed by atoms with van der Waals surface area (Å²) in [6.07, 6.45) is -0.0415. The minimum absolute atomic E-state index is 0.0978. The van der Waals surface area contributed by atoms with Gasteiger partial charge in [-0.3, -0.25) is 9.88 Å². The number of nitrogens with one attached hydrogen (secondary N) is 1. The molecular formula is C18H15F2N5O2. The summed E-state index contributed by atoms with van der Waals surface area (Å²) in [4.78, 5) is 8.83. The zero-order valence-corrected chi connectivity index (χ0v) is 14.1. The van der Waals surface area contributed by atoms with Gasteiger partial charge in [-0.1, -0.05) is 0 Å². The number of benzene rings is 2. The lowest BCUT2D eigenvalue weighted by molar-refractivity contribution is 0.297. The third-order valence-electron chi connectivity index (χ3n) is 4.55. The average molecular weight is 371 g/mol. The molecule has 0 spiro atoms. The molecule has 0 saturated carbocycles. The maximum Gasteiger partial charge on any atom is 0.212 e. The molecule has 2 aromatic carbocycles. The SMILES string of the molecule is NC1=NC(c2ccc(F)cc2F)n2c(nc3cc4c(cc32)OCCCO4)N1. The van der Waals surface area contributed by atoms with Gasteiger partial charge in [0.25, 0.3) is 0 Å². The molecule has 1 unspecified atom stereocenters. The molecule has 5 rings (SSSR count). The number of aromatic nitrogens is 2. The fourth-order valence-corrected chi connectivity index (χ4v) is 3.34. The molecule has 7 nitrogen and oxygen atoms in total. The molecule has 3 N–H and O–H groups in total. The smallest absolute Gasteiger partial charge is 0.212 e. The van der Waals surface area contributed by atoms with E-state index in [0.717, 1.165) is 12.5 Å². The number of aliphatic imine (C=N–C) groups is 1. The summed E-state index contributed by atoms with van der Waals surface area (Å²) in [5, 5.41) is 2.88. The van der Waals surface area contributed by atoms with E-state index in [1.807, 2.05) is 0 Å². The van der Waals surface area contributed by atoms with Crippen LogP contribution in [0, 0.1) is 11.6 Å². The summed E-state index contributed by atoms with van der Waals surface area (Å²) in [6.45, 7) is 1.10. The van der Waals surface area contributed by atoms with Gasteiger partial charge in [0.05, 0.1) is 24.2 Å². The van der Waals surface area contributed by atoms with E-state index >= 15 is 0 Å². The molecule has 0 amide bonds. The van der Waals surface area contributed by atoms with E-state index in [0.29, 0.717) is 41.7 Å². The van der Waals surface area contributed by atoms with Crippen molar-refractivity contribution in [3.05, 3.63) is 47.5 Å². The Morgan fingerprint density at radius 1 is 1.11 bits per heavy atom. The minimum atomic E-state index is -0.823. The number of hydrogen-bond acceptors (Lipinski definition) is 6. The van der Waals surface area contributed by atoms with Gasteiger partial charge in [0.15, 0.2) is 23.6 Å². The van der Waals surface area contributed by atoms with Crippen LogP contribution in [0.5, 0.6) is 11.5 Å². The van der Waals surface area contributed by atoms with Crippen LogP contribution in [0.2, 0.25) is 0 Å². The number of ether oxygens (including phenoxy) is 2. The van der Waals surface area contributed by atoms with Gasteiger partial charge in [-0.05, 0) is 12.1 Å². The third kappa shape index (κ3) is 2.54. The molecule has 0 bridgehead atoms. The van der Waals surface area contributed by atoms with E-state index in [2.05, 4.69) is 15.3 Å². The second-order valence-corrected chi connectivity index (χ2v) is 6.32. The van der Waals surface area contributed by atoms with Crippen LogP contribution in [0.3, 0.4) is 0 Å². The maximum absolute atomic E-state index is 14.4. The Balaban J connectivity index is 1.72. The standard InChI is InChI=1S/C18H15F2N5O2/c19-9-2-3-10(11(20)6-9)16-23-17(21)24-18-22-12-7-14-15(8-13(12)25(16)18)27-5-1-4-26-14/h2-3,6-8,16H,1,4-5H2,(H3,21,22,23,24). The summed E-state index contributed by atoms with van der Waals surface area (Å²) < 4.78 is 40.9. The first-order chi connectivity index (χ1) is 13.1. The van der Waals surface area contributed by atoms with Gasteiger partial charge >= 0.3 is 0 Å². The molecule has 0 radical (unpaired) electrons. The monoisotopic (exact) mass is 371 g/mol. The number of nitrogens with zero attached hydrogens (tertiary/aromatic N) is 3. The third-order valence-corrected chi connectivity index (χ3v) is 4.55. The van der Waals surface area contributed by atoms with Crippen LogP contribution in [0.4, 0.5) is 14.7 Å². The fraction of sp³-hybridized carbons (Fsp3) is 0.222. The Labute approximate surface area is 152 Å². The molecule has 27 heavy (non-hydrogen) atoms. The number of guanidine groups is 1. The fourth-order valence-electron chi connectivity index (χ4n) is 3.34. The molecular weight excluding hydrogens is 356 g/mol. The highest BCUT2D eigenvalue weighted by Crippen LogP contribution is 2.39. The van der Waals surface area contributed by atoms with Crippen LogP contribution >= 0.6 is 0 Å². The first-order valence-electron chi connectivity index (χ1n) is 8.47. The molecule has 3 aromatic rings. The molecule has 9 heteroatoms. The average Bonchev–Trinajstić information content (AvgIpc) is 2.81. The largest absolute Gasteiger partial charge is 0.489 e. The van der Waals surface area contributed by atoms with Gasteiger partial charge in [0.1, 0.15) is 11.6 Å². The Bertz CT molecular complexity index is 1100. The highest BCUT2D eigenvalue weighted by molar-refractivity contribution is 5.95. The van der Waals surface area contributed by atoms with Gasteiger partial charge in [-0.2, -0.15) is 0 Å². The van der Waals surface area contributed by atoms with Crippen LogP contribution in [0.25, 0.3) is 11.0 Å². The van der Waals surface area contributed by atoms with Crippen molar-refractivity contribution in [3.8, 4) is 11.5 Å². The summed E-state index contributed by atoms with van der Waals surface area (Å²) >= 11 is 0. The molecule has 1 aromatic heterocycles. The predicted molar refractivity (Wildman–Crippen MR) is 95.1 cm³/mol. The van der Waals surface area contributed by atoms with E-state index < -0.39 is 17.8 Å². The highest BCUT2D eigenvalue weighted by Gasteiger charge is 2.28. The van der Waals surface area contributed by atoms with E-state index in [1.165, 1.54) is 12.1 Å². The summed E-state index contributed by atoms with van der Waals surface area (Å²) in [7, 11) is 0. The van der Waals surface area contributed by atoms with Crippen molar-refractivity contribution in [1.29, 1.82) is 0 Å². The second-order valence-electron chi connectivity index (χ2n) is 6.32. The van der Waals surface area contributed by atoms with Crippen LogP contribution in [-0.2, 0) is 0 Å². The Kier molecular flexibility index (Phi) is 3.43. The lowest BCUT2D eigenvalue weighted by Gasteiger charge is -2.24. The van der Waals surface area contributed by atoms with Crippen LogP contribution in [0.1, 0.15) is 18.2 Å². The quantitative estimate of drug-likeness (QED) is 0.687. The van der Waals surface area contributed by atoms with Crippen molar-refractivity contribution < 1.29 is 18.3 Å². The molecule has 0 aliphatic carbocycles. The molecule has 2 aliphatic heterocycles. The van der Waals surface area contributed by atoms with Crippen LogP contribution in [-0.4, -0.2) is 28.7 Å². The van der Waals surface area contributed by atoms with Crippen LogP contribution in [0.15, 0.2) is 35.3 Å². The lowest BCUT2D eigenvalue weighted by Crippen LogP contribution is -2.31. The number of imidazole rings is 1. The van der Waals surface area contributed by atoms with E-state index in [4.69, 9.17) is 15.2 Å². The number of rotatable bonds is 1. The summed E-state index contributed by atoms with van der Waals surface area (Å²) in [5.41, 5.74) is 7.35. The number of halogens is 2. The van der Waals surface area contributed by atoms with Crippen molar-refractivity contribution in [2.45, 2.75) is 12.6 Å². The molecule has 2 aliphatic rings. The van der Waals surface area contributed by atoms with Gasteiger partial charge in [0, 0.05) is 30.2 Å². The number of hydrogen-bond donors (Lipinski definition) is 2.